The number of para-hydroxylation sites is 1. The van der Waals surface area contributed by atoms with Crippen LogP contribution in [0.2, 0.25) is 0 Å². The molecular formula is C16H23NO3. The van der Waals surface area contributed by atoms with E-state index in [-0.39, 0.29) is 12.5 Å². The van der Waals surface area contributed by atoms with E-state index in [1.807, 2.05) is 29.2 Å². The molecule has 0 amide bonds. The second-order valence-corrected chi connectivity index (χ2v) is 5.21. The van der Waals surface area contributed by atoms with Crippen molar-refractivity contribution in [3.05, 3.63) is 29.8 Å². The second kappa shape index (κ2) is 7.29. The highest BCUT2D eigenvalue weighted by molar-refractivity contribution is 5.76. The molecule has 0 fully saturated rings. The van der Waals surface area contributed by atoms with Crippen molar-refractivity contribution in [1.82, 2.24) is 0 Å². The monoisotopic (exact) mass is 277 g/mol. The molecule has 20 heavy (non-hydrogen) atoms. The lowest BCUT2D eigenvalue weighted by atomic mass is 10.0. The molecule has 0 aromatic heterocycles. The van der Waals surface area contributed by atoms with Crippen LogP contribution in [0.25, 0.3) is 0 Å². The van der Waals surface area contributed by atoms with Gasteiger partial charge < -0.3 is 14.7 Å². The van der Waals surface area contributed by atoms with Gasteiger partial charge in [-0.05, 0) is 25.3 Å². The first-order valence-corrected chi connectivity index (χ1v) is 7.40. The molecule has 0 saturated carbocycles. The zero-order valence-electron chi connectivity index (χ0n) is 12.0. The zero-order chi connectivity index (χ0) is 14.4. The third-order valence-electron chi connectivity index (χ3n) is 3.62. The number of carbonyl (C=O) groups is 1. The SMILES string of the molecule is CCCCOC(=O)CN1CCCC(O)c2ccccc21. The maximum absolute atomic E-state index is 11.9. The number of carbonyl (C=O) groups excluding carboxylic acids is 1. The quantitative estimate of drug-likeness (QED) is 0.664. The minimum absolute atomic E-state index is 0.190. The van der Waals surface area contributed by atoms with Crippen LogP contribution in [0.1, 0.15) is 44.3 Å². The predicted molar refractivity (Wildman–Crippen MR) is 78.7 cm³/mol. The molecule has 4 heteroatoms. The molecule has 1 unspecified atom stereocenters. The minimum atomic E-state index is -0.438. The van der Waals surface area contributed by atoms with E-state index in [0.29, 0.717) is 6.61 Å². The van der Waals surface area contributed by atoms with Crippen LogP contribution >= 0.6 is 0 Å². The summed E-state index contributed by atoms with van der Waals surface area (Å²) in [6.45, 7) is 3.60. The van der Waals surface area contributed by atoms with Gasteiger partial charge in [-0.1, -0.05) is 31.5 Å². The molecule has 110 valence electrons. The summed E-state index contributed by atoms with van der Waals surface area (Å²) in [5.41, 5.74) is 1.86. The zero-order valence-corrected chi connectivity index (χ0v) is 12.0. The van der Waals surface area contributed by atoms with E-state index in [1.165, 1.54) is 0 Å². The number of hydrogen-bond donors (Lipinski definition) is 1. The molecule has 4 nitrogen and oxygen atoms in total. The van der Waals surface area contributed by atoms with Gasteiger partial charge in [0.15, 0.2) is 0 Å². The Morgan fingerprint density at radius 3 is 3.05 bits per heavy atom. The highest BCUT2D eigenvalue weighted by atomic mass is 16.5. The van der Waals surface area contributed by atoms with Gasteiger partial charge in [-0.25, -0.2) is 0 Å². The third kappa shape index (κ3) is 3.73. The average Bonchev–Trinajstić information content (AvgIpc) is 2.60. The summed E-state index contributed by atoms with van der Waals surface area (Å²) in [5.74, 6) is -0.190. The summed E-state index contributed by atoms with van der Waals surface area (Å²) in [6, 6.07) is 7.75. The van der Waals surface area contributed by atoms with Crippen molar-refractivity contribution in [2.24, 2.45) is 0 Å². The summed E-state index contributed by atoms with van der Waals surface area (Å²) in [7, 11) is 0. The average molecular weight is 277 g/mol. The van der Waals surface area contributed by atoms with Crippen LogP contribution in [0.4, 0.5) is 5.69 Å². The molecule has 0 aliphatic carbocycles. The first-order valence-electron chi connectivity index (χ1n) is 7.40. The van der Waals surface area contributed by atoms with Crippen molar-refractivity contribution >= 4 is 11.7 Å². The minimum Gasteiger partial charge on any atom is -0.464 e. The van der Waals surface area contributed by atoms with Crippen molar-refractivity contribution in [2.75, 3.05) is 24.6 Å². The summed E-state index contributed by atoms with van der Waals surface area (Å²) >= 11 is 0. The van der Waals surface area contributed by atoms with Crippen LogP contribution in [-0.2, 0) is 9.53 Å². The van der Waals surface area contributed by atoms with Gasteiger partial charge in [-0.3, -0.25) is 4.79 Å². The Morgan fingerprint density at radius 1 is 1.45 bits per heavy atom. The molecular weight excluding hydrogens is 254 g/mol. The molecule has 0 bridgehead atoms. The Kier molecular flexibility index (Phi) is 5.41. The van der Waals surface area contributed by atoms with Gasteiger partial charge in [0.25, 0.3) is 0 Å². The van der Waals surface area contributed by atoms with Crippen LogP contribution in [0.15, 0.2) is 24.3 Å². The lowest BCUT2D eigenvalue weighted by Gasteiger charge is -2.24. The number of aliphatic hydroxyl groups is 1. The lowest BCUT2D eigenvalue weighted by molar-refractivity contribution is -0.142. The van der Waals surface area contributed by atoms with Crippen LogP contribution < -0.4 is 4.90 Å². The van der Waals surface area contributed by atoms with Crippen LogP contribution in [0.3, 0.4) is 0 Å². The van der Waals surface area contributed by atoms with E-state index >= 15 is 0 Å². The number of anilines is 1. The molecule has 1 heterocycles. The number of fused-ring (bicyclic) bond motifs is 1. The Morgan fingerprint density at radius 2 is 2.25 bits per heavy atom. The van der Waals surface area contributed by atoms with Crippen molar-refractivity contribution in [3.63, 3.8) is 0 Å². The molecule has 0 radical (unpaired) electrons. The maximum Gasteiger partial charge on any atom is 0.325 e. The Balaban J connectivity index is 2.04. The molecule has 1 aliphatic heterocycles. The van der Waals surface area contributed by atoms with Gasteiger partial charge in [0, 0.05) is 17.8 Å². The molecule has 1 atom stereocenters. The van der Waals surface area contributed by atoms with E-state index in [0.717, 1.165) is 43.5 Å². The largest absolute Gasteiger partial charge is 0.464 e. The number of hydrogen-bond acceptors (Lipinski definition) is 4. The number of esters is 1. The van der Waals surface area contributed by atoms with Crippen LogP contribution in [-0.4, -0.2) is 30.8 Å². The highest BCUT2D eigenvalue weighted by Crippen LogP contribution is 2.32. The molecule has 0 spiro atoms. The first-order chi connectivity index (χ1) is 9.72. The van der Waals surface area contributed by atoms with Crippen LogP contribution in [0.5, 0.6) is 0 Å². The fraction of sp³-hybridized carbons (Fsp3) is 0.562. The van der Waals surface area contributed by atoms with Crippen LogP contribution in [0, 0.1) is 0 Å². The van der Waals surface area contributed by atoms with E-state index in [9.17, 15) is 9.90 Å². The number of rotatable bonds is 5. The van der Waals surface area contributed by atoms with Gasteiger partial charge >= 0.3 is 5.97 Å². The highest BCUT2D eigenvalue weighted by Gasteiger charge is 2.22. The van der Waals surface area contributed by atoms with Gasteiger partial charge in [-0.15, -0.1) is 0 Å². The smallest absolute Gasteiger partial charge is 0.325 e. The van der Waals surface area contributed by atoms with Crippen molar-refractivity contribution in [2.45, 2.75) is 38.7 Å². The Bertz CT molecular complexity index is 447. The van der Waals surface area contributed by atoms with E-state index in [1.54, 1.807) is 0 Å². The number of unbranched alkanes of at least 4 members (excludes halogenated alkanes) is 1. The molecule has 1 aromatic rings. The number of ether oxygens (including phenoxy) is 1. The summed E-state index contributed by atoms with van der Waals surface area (Å²) in [5, 5.41) is 10.1. The normalized spacial score (nSPS) is 18.3. The van der Waals surface area contributed by atoms with Crippen molar-refractivity contribution in [1.29, 1.82) is 0 Å². The fourth-order valence-electron chi connectivity index (χ4n) is 2.50. The van der Waals surface area contributed by atoms with E-state index < -0.39 is 6.10 Å². The second-order valence-electron chi connectivity index (χ2n) is 5.21. The Labute approximate surface area is 120 Å². The molecule has 1 aliphatic rings. The van der Waals surface area contributed by atoms with Gasteiger partial charge in [0.1, 0.15) is 6.54 Å². The van der Waals surface area contributed by atoms with E-state index in [4.69, 9.17) is 4.74 Å². The summed E-state index contributed by atoms with van der Waals surface area (Å²) < 4.78 is 5.22. The molecule has 1 aromatic carbocycles. The Hall–Kier alpha value is -1.55. The topological polar surface area (TPSA) is 49.8 Å². The lowest BCUT2D eigenvalue weighted by Crippen LogP contribution is -2.31. The van der Waals surface area contributed by atoms with Crippen molar-refractivity contribution < 1.29 is 14.6 Å². The summed E-state index contributed by atoms with van der Waals surface area (Å²) in [4.78, 5) is 13.9. The first kappa shape index (κ1) is 14.9. The number of aliphatic hydroxyl groups excluding tert-OH is 1. The fourth-order valence-corrected chi connectivity index (χ4v) is 2.50. The summed E-state index contributed by atoms with van der Waals surface area (Å²) in [6.07, 6.45) is 3.09. The van der Waals surface area contributed by atoms with Gasteiger partial charge in [0.05, 0.1) is 12.7 Å². The maximum atomic E-state index is 11.9. The molecule has 2 rings (SSSR count). The number of nitrogens with zero attached hydrogens (tertiary/aromatic N) is 1. The van der Waals surface area contributed by atoms with Gasteiger partial charge in [0.2, 0.25) is 0 Å². The molecule has 1 N–H and O–H groups in total. The standard InChI is InChI=1S/C16H23NO3/c1-2-3-11-20-16(19)12-17-10-6-9-15(18)13-7-4-5-8-14(13)17/h4-5,7-8,15,18H,2-3,6,9-12H2,1H3. The van der Waals surface area contributed by atoms with Crippen molar-refractivity contribution in [3.8, 4) is 0 Å². The third-order valence-corrected chi connectivity index (χ3v) is 3.62. The molecule has 0 saturated heterocycles. The van der Waals surface area contributed by atoms with Gasteiger partial charge in [-0.2, -0.15) is 0 Å². The number of benzene rings is 1. The predicted octanol–water partition coefficient (Wildman–Crippen LogP) is 2.66. The van der Waals surface area contributed by atoms with E-state index in [2.05, 4.69) is 6.92 Å².